The van der Waals surface area contributed by atoms with Crippen molar-refractivity contribution in [2.75, 3.05) is 0 Å². The van der Waals surface area contributed by atoms with E-state index in [1.807, 2.05) is 30.3 Å². The number of nitrogen functional groups attached to an aromatic ring is 2. The summed E-state index contributed by atoms with van der Waals surface area (Å²) in [5.74, 6) is -1.05. The normalized spacial score (nSPS) is 10.3. The van der Waals surface area contributed by atoms with Crippen molar-refractivity contribution in [2.24, 2.45) is 11.5 Å². The van der Waals surface area contributed by atoms with Crippen LogP contribution in [0.5, 0.6) is 5.75 Å². The van der Waals surface area contributed by atoms with E-state index in [9.17, 15) is 9.90 Å². The molecular weight excluding hydrogens is 368 g/mol. The van der Waals surface area contributed by atoms with Crippen molar-refractivity contribution in [2.45, 2.75) is 6.61 Å². The fourth-order valence-corrected chi connectivity index (χ4v) is 3.01. The molecule has 7 heteroatoms. The van der Waals surface area contributed by atoms with Crippen LogP contribution in [0.25, 0.3) is 11.1 Å². The molecule has 0 radical (unpaired) electrons. The minimum Gasteiger partial charge on any atom is -0.489 e. The summed E-state index contributed by atoms with van der Waals surface area (Å²) < 4.78 is 5.78. The summed E-state index contributed by atoms with van der Waals surface area (Å²) in [6.07, 6.45) is 0. The van der Waals surface area contributed by atoms with Gasteiger partial charge in [0, 0.05) is 11.1 Å². The zero-order valence-corrected chi connectivity index (χ0v) is 15.5. The Labute approximate surface area is 167 Å². The van der Waals surface area contributed by atoms with E-state index in [1.54, 1.807) is 30.3 Å². The molecule has 3 rings (SSSR count). The Balaban J connectivity index is 2.02. The molecule has 7 N–H and O–H groups in total. The van der Waals surface area contributed by atoms with Gasteiger partial charge in [0.1, 0.15) is 24.0 Å². The first kappa shape index (κ1) is 19.6. The fourth-order valence-electron chi connectivity index (χ4n) is 3.01. The molecule has 7 nitrogen and oxygen atoms in total. The van der Waals surface area contributed by atoms with Gasteiger partial charge in [0.15, 0.2) is 0 Å². The molecule has 0 aliphatic heterocycles. The van der Waals surface area contributed by atoms with Gasteiger partial charge in [0.2, 0.25) is 0 Å². The van der Waals surface area contributed by atoms with Crippen LogP contribution in [0.2, 0.25) is 0 Å². The van der Waals surface area contributed by atoms with E-state index in [1.165, 1.54) is 6.07 Å². The Morgan fingerprint density at radius 2 is 1.66 bits per heavy atom. The third kappa shape index (κ3) is 4.41. The third-order valence-electron chi connectivity index (χ3n) is 4.33. The van der Waals surface area contributed by atoms with Crippen molar-refractivity contribution in [3.8, 4) is 16.9 Å². The molecule has 0 unspecified atom stereocenters. The monoisotopic (exact) mass is 388 g/mol. The van der Waals surface area contributed by atoms with Crippen molar-refractivity contribution in [3.63, 3.8) is 0 Å². The average Bonchev–Trinajstić information content (AvgIpc) is 2.72. The van der Waals surface area contributed by atoms with Crippen molar-refractivity contribution in [3.05, 3.63) is 89.0 Å². The highest BCUT2D eigenvalue weighted by molar-refractivity contribution is 6.10. The number of nitrogens with two attached hydrogens (primary N) is 2. The molecule has 0 aromatic heterocycles. The average molecular weight is 388 g/mol. The molecule has 0 spiro atoms. The summed E-state index contributed by atoms with van der Waals surface area (Å²) in [5, 5.41) is 25.1. The molecule has 0 amide bonds. The predicted octanol–water partition coefficient (Wildman–Crippen LogP) is 3.20. The quantitative estimate of drug-likeness (QED) is 0.311. The van der Waals surface area contributed by atoms with E-state index in [0.29, 0.717) is 22.4 Å². The van der Waals surface area contributed by atoms with Crippen molar-refractivity contribution in [1.82, 2.24) is 0 Å². The topological polar surface area (TPSA) is 146 Å². The molecule has 0 saturated carbocycles. The van der Waals surface area contributed by atoms with E-state index >= 15 is 0 Å². The standard InChI is InChI=1S/C22H20N4O3/c23-20(24)15-7-4-8-16(11-15)29-12-13-9-17(14-5-2-1-3-6-14)19(21(25)26)18(10-13)22(27)28/h1-11H,12H2,(H3,23,24)(H3,25,26)(H,27,28). The van der Waals surface area contributed by atoms with Gasteiger partial charge in [-0.3, -0.25) is 10.8 Å². The largest absolute Gasteiger partial charge is 0.489 e. The van der Waals surface area contributed by atoms with E-state index in [2.05, 4.69) is 0 Å². The summed E-state index contributed by atoms with van der Waals surface area (Å²) in [6.45, 7) is 0.0969. The Hall–Kier alpha value is -4.13. The minimum atomic E-state index is -1.17. The molecule has 3 aromatic carbocycles. The second kappa shape index (κ2) is 8.26. The van der Waals surface area contributed by atoms with Gasteiger partial charge in [-0.05, 0) is 41.0 Å². The Morgan fingerprint density at radius 1 is 0.931 bits per heavy atom. The van der Waals surface area contributed by atoms with Crippen LogP contribution in [0.4, 0.5) is 0 Å². The number of carboxylic acids is 1. The molecule has 0 bridgehead atoms. The van der Waals surface area contributed by atoms with E-state index in [4.69, 9.17) is 27.0 Å². The van der Waals surface area contributed by atoms with Gasteiger partial charge in [-0.1, -0.05) is 42.5 Å². The molecule has 29 heavy (non-hydrogen) atoms. The number of carboxylic acid groups (broad SMARTS) is 1. The molecule has 0 aliphatic carbocycles. The van der Waals surface area contributed by atoms with Gasteiger partial charge in [-0.15, -0.1) is 0 Å². The van der Waals surface area contributed by atoms with Crippen molar-refractivity contribution < 1.29 is 14.6 Å². The van der Waals surface area contributed by atoms with E-state index < -0.39 is 5.97 Å². The lowest BCUT2D eigenvalue weighted by Gasteiger charge is -2.15. The van der Waals surface area contributed by atoms with Crippen LogP contribution in [0.15, 0.2) is 66.7 Å². The minimum absolute atomic E-state index is 0.0602. The second-order valence-electron chi connectivity index (χ2n) is 6.38. The predicted molar refractivity (Wildman–Crippen MR) is 112 cm³/mol. The molecule has 0 heterocycles. The highest BCUT2D eigenvalue weighted by Crippen LogP contribution is 2.29. The summed E-state index contributed by atoms with van der Waals surface area (Å²) in [6, 6.07) is 19.2. The van der Waals surface area contributed by atoms with Gasteiger partial charge in [-0.25, -0.2) is 4.79 Å². The van der Waals surface area contributed by atoms with Crippen molar-refractivity contribution in [1.29, 1.82) is 10.8 Å². The number of hydrogen-bond donors (Lipinski definition) is 5. The summed E-state index contributed by atoms with van der Waals surface area (Å²) in [7, 11) is 0. The first-order valence-corrected chi connectivity index (χ1v) is 8.74. The molecule has 0 aliphatic rings. The van der Waals surface area contributed by atoms with Crippen LogP contribution in [0.1, 0.15) is 27.0 Å². The van der Waals surface area contributed by atoms with Crippen LogP contribution < -0.4 is 16.2 Å². The fraction of sp³-hybridized carbons (Fsp3) is 0.0455. The first-order chi connectivity index (χ1) is 13.9. The highest BCUT2D eigenvalue weighted by Gasteiger charge is 2.19. The summed E-state index contributed by atoms with van der Waals surface area (Å²) in [4.78, 5) is 11.8. The lowest BCUT2D eigenvalue weighted by atomic mass is 9.92. The Kier molecular flexibility index (Phi) is 5.59. The number of benzene rings is 3. The Morgan fingerprint density at radius 3 is 2.28 bits per heavy atom. The summed E-state index contributed by atoms with van der Waals surface area (Å²) >= 11 is 0. The summed E-state index contributed by atoms with van der Waals surface area (Å²) in [5.41, 5.74) is 13.8. The second-order valence-corrected chi connectivity index (χ2v) is 6.38. The molecule has 146 valence electrons. The van der Waals surface area contributed by atoms with Gasteiger partial charge >= 0.3 is 5.97 Å². The maximum absolute atomic E-state index is 11.8. The zero-order chi connectivity index (χ0) is 21.0. The number of aromatic carboxylic acids is 1. The lowest BCUT2D eigenvalue weighted by Crippen LogP contribution is -2.18. The maximum atomic E-state index is 11.8. The Bertz CT molecular complexity index is 1090. The smallest absolute Gasteiger partial charge is 0.336 e. The number of carbonyl (C=O) groups is 1. The SMILES string of the molecule is N=C(N)c1cccc(OCc2cc(C(=O)O)c(C(=N)N)c(-c3ccccc3)c2)c1. The van der Waals surface area contributed by atoms with Gasteiger partial charge in [0.25, 0.3) is 0 Å². The number of hydrogen-bond acceptors (Lipinski definition) is 4. The van der Waals surface area contributed by atoms with E-state index in [-0.39, 0.29) is 29.4 Å². The molecule has 0 atom stereocenters. The van der Waals surface area contributed by atoms with E-state index in [0.717, 1.165) is 5.56 Å². The highest BCUT2D eigenvalue weighted by atomic mass is 16.5. The van der Waals surface area contributed by atoms with Gasteiger partial charge in [-0.2, -0.15) is 0 Å². The lowest BCUT2D eigenvalue weighted by molar-refractivity contribution is 0.0696. The van der Waals surface area contributed by atoms with Crippen LogP contribution in [0.3, 0.4) is 0 Å². The molecular formula is C22H20N4O3. The van der Waals surface area contributed by atoms with Crippen LogP contribution in [-0.2, 0) is 6.61 Å². The molecule has 0 fully saturated rings. The van der Waals surface area contributed by atoms with Crippen LogP contribution in [-0.4, -0.2) is 22.7 Å². The number of amidine groups is 2. The number of rotatable bonds is 7. The van der Waals surface area contributed by atoms with Gasteiger partial charge in [0.05, 0.1) is 5.56 Å². The molecule has 3 aromatic rings. The first-order valence-electron chi connectivity index (χ1n) is 8.74. The number of ether oxygens (including phenoxy) is 1. The third-order valence-corrected chi connectivity index (χ3v) is 4.33. The van der Waals surface area contributed by atoms with Crippen molar-refractivity contribution >= 4 is 17.6 Å². The van der Waals surface area contributed by atoms with Gasteiger partial charge < -0.3 is 21.3 Å². The maximum Gasteiger partial charge on any atom is 0.336 e. The van der Waals surface area contributed by atoms with Crippen LogP contribution >= 0.6 is 0 Å². The zero-order valence-electron chi connectivity index (χ0n) is 15.5. The van der Waals surface area contributed by atoms with Crippen LogP contribution in [0, 0.1) is 10.8 Å². The number of nitrogens with one attached hydrogen (secondary N) is 2. The molecule has 0 saturated heterocycles.